The summed E-state index contributed by atoms with van der Waals surface area (Å²) < 4.78 is 33.7. The molecule has 0 saturated heterocycles. The van der Waals surface area contributed by atoms with E-state index in [1.807, 2.05) is 36.4 Å². The fourth-order valence-electron chi connectivity index (χ4n) is 3.60. The molecule has 3 aromatic carbocycles. The van der Waals surface area contributed by atoms with E-state index in [0.29, 0.717) is 46.5 Å². The van der Waals surface area contributed by atoms with Crippen molar-refractivity contribution in [3.8, 4) is 40.1 Å². The molecule has 0 N–H and O–H groups in total. The summed E-state index contributed by atoms with van der Waals surface area (Å²) in [6.45, 7) is 0.406. The van der Waals surface area contributed by atoms with Gasteiger partial charge in [-0.15, -0.1) is 0 Å². The van der Waals surface area contributed by atoms with Crippen LogP contribution in [0, 0.1) is 0 Å². The second-order valence-corrected chi connectivity index (χ2v) is 7.13. The van der Waals surface area contributed by atoms with Crippen LogP contribution < -0.4 is 29.1 Å². The zero-order valence-corrected chi connectivity index (χ0v) is 18.8. The van der Waals surface area contributed by atoms with Gasteiger partial charge in [0.25, 0.3) is 0 Å². The maximum atomic E-state index is 13.0. The smallest absolute Gasteiger partial charge is 0.204 e. The Morgan fingerprint density at radius 2 is 1.45 bits per heavy atom. The summed E-state index contributed by atoms with van der Waals surface area (Å²) in [5, 5.41) is 0.272. The van der Waals surface area contributed by atoms with Gasteiger partial charge in [-0.2, -0.15) is 0 Å². The summed E-state index contributed by atoms with van der Waals surface area (Å²) >= 11 is 0. The lowest BCUT2D eigenvalue weighted by Gasteiger charge is -2.15. The predicted molar refractivity (Wildman–Crippen MR) is 125 cm³/mol. The highest BCUT2D eigenvalue weighted by Gasteiger charge is 2.21. The van der Waals surface area contributed by atoms with Crippen LogP contribution in [0.5, 0.6) is 28.7 Å². The number of fused-ring (bicyclic) bond motifs is 1. The molecular formula is C26H24O7. The van der Waals surface area contributed by atoms with Crippen LogP contribution in [0.3, 0.4) is 0 Å². The molecule has 0 fully saturated rings. The fourth-order valence-corrected chi connectivity index (χ4v) is 3.60. The number of rotatable bonds is 8. The van der Waals surface area contributed by atoms with Gasteiger partial charge in [-0.1, -0.05) is 30.3 Å². The maximum Gasteiger partial charge on any atom is 0.204 e. The van der Waals surface area contributed by atoms with E-state index in [9.17, 15) is 4.79 Å². The number of ether oxygens (including phenoxy) is 5. The third kappa shape index (κ3) is 4.30. The normalized spacial score (nSPS) is 10.7. The molecule has 0 spiro atoms. The fraction of sp³-hybridized carbons (Fsp3) is 0.192. The minimum atomic E-state index is -0.271. The molecule has 1 heterocycles. The number of hydrogen-bond donors (Lipinski definition) is 0. The highest BCUT2D eigenvalue weighted by atomic mass is 16.5. The highest BCUT2D eigenvalue weighted by Crippen LogP contribution is 2.43. The molecule has 7 heteroatoms. The topological polar surface area (TPSA) is 76.4 Å². The Kier molecular flexibility index (Phi) is 6.40. The molecule has 4 rings (SSSR count). The largest absolute Gasteiger partial charge is 0.493 e. The van der Waals surface area contributed by atoms with Crippen molar-refractivity contribution in [2.24, 2.45) is 0 Å². The van der Waals surface area contributed by atoms with Crippen molar-refractivity contribution in [1.29, 1.82) is 0 Å². The first-order valence-corrected chi connectivity index (χ1v) is 10.2. The second kappa shape index (κ2) is 9.56. The van der Waals surface area contributed by atoms with Gasteiger partial charge < -0.3 is 28.1 Å². The molecule has 7 nitrogen and oxygen atoms in total. The summed E-state index contributed by atoms with van der Waals surface area (Å²) in [5.74, 6) is 2.46. The highest BCUT2D eigenvalue weighted by molar-refractivity contribution is 5.90. The van der Waals surface area contributed by atoms with Gasteiger partial charge in [0.05, 0.1) is 28.4 Å². The Labute approximate surface area is 191 Å². The van der Waals surface area contributed by atoms with Gasteiger partial charge >= 0.3 is 0 Å². The van der Waals surface area contributed by atoms with E-state index >= 15 is 0 Å². The molecule has 170 valence electrons. The van der Waals surface area contributed by atoms with Gasteiger partial charge in [-0.05, 0) is 23.8 Å². The Hall–Kier alpha value is -4.13. The van der Waals surface area contributed by atoms with E-state index in [0.717, 1.165) is 5.56 Å². The molecule has 0 unspecified atom stereocenters. The van der Waals surface area contributed by atoms with Crippen LogP contribution >= 0.6 is 0 Å². The van der Waals surface area contributed by atoms with Crippen molar-refractivity contribution in [2.45, 2.75) is 6.61 Å². The third-order valence-electron chi connectivity index (χ3n) is 5.21. The zero-order valence-electron chi connectivity index (χ0n) is 18.8. The number of hydrogen-bond acceptors (Lipinski definition) is 7. The van der Waals surface area contributed by atoms with E-state index in [4.69, 9.17) is 28.1 Å². The number of benzene rings is 3. The van der Waals surface area contributed by atoms with E-state index in [1.54, 1.807) is 25.3 Å². The standard InChI is InChI=1S/C26H24O7/c1-28-21-12-17(10-11-19(21)32-15-16-8-6-5-7-9-16)20-13-18(27)24-22(33-20)14-23(29-2)25(30-3)26(24)31-4/h5-14H,15H2,1-4H3. The first-order chi connectivity index (χ1) is 16.1. The quantitative estimate of drug-likeness (QED) is 0.372. The molecule has 4 aromatic rings. The number of methoxy groups -OCH3 is 4. The zero-order chi connectivity index (χ0) is 23.4. The summed E-state index contributed by atoms with van der Waals surface area (Å²) in [4.78, 5) is 13.0. The van der Waals surface area contributed by atoms with E-state index in [-0.39, 0.29) is 16.6 Å². The molecule has 0 aliphatic carbocycles. The van der Waals surface area contributed by atoms with Crippen molar-refractivity contribution in [1.82, 2.24) is 0 Å². The molecule has 0 aliphatic heterocycles. The van der Waals surface area contributed by atoms with Crippen LogP contribution in [0.1, 0.15) is 5.56 Å². The van der Waals surface area contributed by atoms with Crippen molar-refractivity contribution in [2.75, 3.05) is 28.4 Å². The molecule has 0 amide bonds. The Morgan fingerprint density at radius 1 is 0.727 bits per heavy atom. The van der Waals surface area contributed by atoms with Gasteiger partial charge in [-0.3, -0.25) is 4.79 Å². The van der Waals surface area contributed by atoms with Crippen LogP contribution in [0.15, 0.2) is 69.9 Å². The van der Waals surface area contributed by atoms with E-state index in [1.165, 1.54) is 27.4 Å². The average molecular weight is 448 g/mol. The Balaban J connectivity index is 1.74. The van der Waals surface area contributed by atoms with Crippen LogP contribution in [0.2, 0.25) is 0 Å². The summed E-state index contributed by atoms with van der Waals surface area (Å²) in [6, 6.07) is 18.2. The van der Waals surface area contributed by atoms with Crippen LogP contribution in [0.4, 0.5) is 0 Å². The Morgan fingerprint density at radius 3 is 2.12 bits per heavy atom. The predicted octanol–water partition coefficient (Wildman–Crippen LogP) is 5.07. The van der Waals surface area contributed by atoms with E-state index in [2.05, 4.69) is 0 Å². The van der Waals surface area contributed by atoms with Gasteiger partial charge in [0.1, 0.15) is 23.3 Å². The summed E-state index contributed by atoms with van der Waals surface area (Å²) in [7, 11) is 6.01. The van der Waals surface area contributed by atoms with Crippen LogP contribution in [0.25, 0.3) is 22.3 Å². The minimum absolute atomic E-state index is 0.259. The average Bonchev–Trinajstić information content (AvgIpc) is 2.86. The first kappa shape index (κ1) is 22.1. The molecular weight excluding hydrogens is 424 g/mol. The maximum absolute atomic E-state index is 13.0. The third-order valence-corrected chi connectivity index (χ3v) is 5.21. The first-order valence-electron chi connectivity index (χ1n) is 10.2. The molecule has 33 heavy (non-hydrogen) atoms. The molecule has 0 radical (unpaired) electrons. The Bertz CT molecular complexity index is 1330. The molecule has 0 atom stereocenters. The molecule has 0 bridgehead atoms. The van der Waals surface area contributed by atoms with Gasteiger partial charge in [0.2, 0.25) is 5.75 Å². The lowest BCUT2D eigenvalue weighted by atomic mass is 10.1. The van der Waals surface area contributed by atoms with Gasteiger partial charge in [0.15, 0.2) is 28.4 Å². The van der Waals surface area contributed by atoms with Crippen LogP contribution in [-0.2, 0) is 6.61 Å². The monoisotopic (exact) mass is 448 g/mol. The van der Waals surface area contributed by atoms with Crippen molar-refractivity contribution >= 4 is 11.0 Å². The van der Waals surface area contributed by atoms with Crippen molar-refractivity contribution < 1.29 is 28.1 Å². The molecule has 0 aliphatic rings. The lowest BCUT2D eigenvalue weighted by molar-refractivity contribution is 0.284. The molecule has 1 aromatic heterocycles. The summed E-state index contributed by atoms with van der Waals surface area (Å²) in [6.07, 6.45) is 0. The van der Waals surface area contributed by atoms with Crippen molar-refractivity contribution in [3.05, 3.63) is 76.5 Å². The van der Waals surface area contributed by atoms with Crippen molar-refractivity contribution in [3.63, 3.8) is 0 Å². The lowest BCUT2D eigenvalue weighted by Crippen LogP contribution is -2.05. The SMILES string of the molecule is COc1cc(-c2cc(=O)c3c(OC)c(OC)c(OC)cc3o2)ccc1OCc1ccccc1. The minimum Gasteiger partial charge on any atom is -0.493 e. The molecule has 0 saturated carbocycles. The van der Waals surface area contributed by atoms with E-state index < -0.39 is 0 Å². The second-order valence-electron chi connectivity index (χ2n) is 7.13. The summed E-state index contributed by atoms with van der Waals surface area (Å²) in [5.41, 5.74) is 1.75. The van der Waals surface area contributed by atoms with Gasteiger partial charge in [0, 0.05) is 17.7 Å². The van der Waals surface area contributed by atoms with Gasteiger partial charge in [-0.25, -0.2) is 0 Å². The van der Waals surface area contributed by atoms with Crippen LogP contribution in [-0.4, -0.2) is 28.4 Å².